The molecule has 0 aliphatic carbocycles. The van der Waals surface area contributed by atoms with Crippen LogP contribution in [0.3, 0.4) is 0 Å². The minimum absolute atomic E-state index is 0.0737. The highest BCUT2D eigenvalue weighted by Crippen LogP contribution is 2.19. The second-order valence-corrected chi connectivity index (χ2v) is 7.16. The van der Waals surface area contributed by atoms with Gasteiger partial charge < -0.3 is 14.3 Å². The van der Waals surface area contributed by atoms with Gasteiger partial charge >= 0.3 is 5.69 Å². The number of aromatic amines is 2. The van der Waals surface area contributed by atoms with Gasteiger partial charge in [0, 0.05) is 24.3 Å². The van der Waals surface area contributed by atoms with Crippen LogP contribution < -0.4 is 11.2 Å². The number of H-pyrrole nitrogens is 2. The zero-order valence-electron chi connectivity index (χ0n) is 14.5. The number of rotatable bonds is 5. The number of nitrogens with zero attached hydrogens (tertiary/aromatic N) is 3. The Balaban J connectivity index is 1.59. The van der Waals surface area contributed by atoms with Gasteiger partial charge in [-0.25, -0.2) is 4.79 Å². The summed E-state index contributed by atoms with van der Waals surface area (Å²) >= 11 is 1.20. The molecule has 1 aliphatic heterocycles. The Bertz CT molecular complexity index is 879. The Kier molecular flexibility index (Phi) is 5.92. The fourth-order valence-electron chi connectivity index (χ4n) is 2.89. The van der Waals surface area contributed by atoms with E-state index in [4.69, 9.17) is 4.42 Å². The number of carbonyl (C=O) groups excluding carboxylic acids is 1. The SMILES string of the molecule is Cc1[nH]c(=O)[nH]c(=O)c1Cc1nnc(SCC(=O)N2CCCCCC2)o1. The molecule has 0 unspecified atom stereocenters. The normalized spacial score (nSPS) is 15.0. The Hall–Kier alpha value is -2.36. The van der Waals surface area contributed by atoms with Gasteiger partial charge in [0.2, 0.25) is 11.8 Å². The second-order valence-electron chi connectivity index (χ2n) is 6.23. The summed E-state index contributed by atoms with van der Waals surface area (Å²) in [6.45, 7) is 3.25. The molecule has 2 N–H and O–H groups in total. The number of thioether (sulfide) groups is 1. The van der Waals surface area contributed by atoms with Crippen molar-refractivity contribution in [2.75, 3.05) is 18.8 Å². The van der Waals surface area contributed by atoms with E-state index in [1.165, 1.54) is 24.6 Å². The minimum Gasteiger partial charge on any atom is -0.416 e. The van der Waals surface area contributed by atoms with Crippen LogP contribution in [0.4, 0.5) is 0 Å². The third-order valence-electron chi connectivity index (χ3n) is 4.31. The smallest absolute Gasteiger partial charge is 0.325 e. The zero-order valence-corrected chi connectivity index (χ0v) is 15.4. The number of nitrogens with one attached hydrogen (secondary N) is 2. The molecule has 10 heteroatoms. The van der Waals surface area contributed by atoms with Crippen LogP contribution in [-0.4, -0.2) is 49.8 Å². The van der Waals surface area contributed by atoms with E-state index in [1.807, 2.05) is 4.90 Å². The summed E-state index contributed by atoms with van der Waals surface area (Å²) < 4.78 is 5.52. The predicted octanol–water partition coefficient (Wildman–Crippen LogP) is 0.840. The molecule has 3 heterocycles. The first kappa shape index (κ1) is 18.4. The summed E-state index contributed by atoms with van der Waals surface area (Å²) in [5.74, 6) is 0.583. The molecule has 2 aromatic rings. The molecule has 0 bridgehead atoms. The van der Waals surface area contributed by atoms with Crippen LogP contribution in [0.5, 0.6) is 0 Å². The van der Waals surface area contributed by atoms with Crippen LogP contribution in [0.1, 0.15) is 42.8 Å². The zero-order chi connectivity index (χ0) is 18.5. The average Bonchev–Trinajstić information content (AvgIpc) is 2.86. The van der Waals surface area contributed by atoms with Gasteiger partial charge in [-0.3, -0.25) is 14.6 Å². The van der Waals surface area contributed by atoms with Crippen molar-refractivity contribution >= 4 is 17.7 Å². The molecule has 3 rings (SSSR count). The number of aryl methyl sites for hydroxylation is 1. The average molecular weight is 379 g/mol. The maximum absolute atomic E-state index is 12.3. The molecule has 1 saturated heterocycles. The van der Waals surface area contributed by atoms with E-state index in [0.717, 1.165) is 25.9 Å². The van der Waals surface area contributed by atoms with Crippen molar-refractivity contribution in [2.24, 2.45) is 0 Å². The summed E-state index contributed by atoms with van der Waals surface area (Å²) in [6, 6.07) is 0. The van der Waals surface area contributed by atoms with Crippen LogP contribution in [-0.2, 0) is 11.2 Å². The summed E-state index contributed by atoms with van der Waals surface area (Å²) in [7, 11) is 0. The molecule has 0 aromatic carbocycles. The van der Waals surface area contributed by atoms with E-state index in [0.29, 0.717) is 16.5 Å². The number of carbonyl (C=O) groups is 1. The van der Waals surface area contributed by atoms with E-state index in [9.17, 15) is 14.4 Å². The van der Waals surface area contributed by atoms with Crippen LogP contribution in [0.15, 0.2) is 19.2 Å². The summed E-state index contributed by atoms with van der Waals surface area (Å²) in [4.78, 5) is 42.0. The Morgan fingerprint density at radius 1 is 1.15 bits per heavy atom. The maximum atomic E-state index is 12.3. The van der Waals surface area contributed by atoms with Crippen LogP contribution in [0, 0.1) is 6.92 Å². The molecule has 1 aliphatic rings. The van der Waals surface area contributed by atoms with E-state index < -0.39 is 11.2 Å². The molecule has 140 valence electrons. The molecule has 0 atom stereocenters. The number of aromatic nitrogens is 4. The van der Waals surface area contributed by atoms with Crippen molar-refractivity contribution in [3.05, 3.63) is 38.0 Å². The number of hydrogen-bond acceptors (Lipinski definition) is 7. The summed E-state index contributed by atoms with van der Waals surface area (Å²) in [6.07, 6.45) is 4.56. The lowest BCUT2D eigenvalue weighted by Crippen LogP contribution is -2.33. The Morgan fingerprint density at radius 3 is 2.58 bits per heavy atom. The molecule has 1 fully saturated rings. The quantitative estimate of drug-likeness (QED) is 0.737. The van der Waals surface area contributed by atoms with Gasteiger partial charge in [0.15, 0.2) is 0 Å². The number of hydrogen-bond donors (Lipinski definition) is 2. The summed E-state index contributed by atoms with van der Waals surface area (Å²) in [5.41, 5.74) is -0.201. The van der Waals surface area contributed by atoms with Gasteiger partial charge in [-0.15, -0.1) is 10.2 Å². The molecule has 0 spiro atoms. The van der Waals surface area contributed by atoms with E-state index in [-0.39, 0.29) is 24.0 Å². The van der Waals surface area contributed by atoms with Crippen LogP contribution in [0.25, 0.3) is 0 Å². The Morgan fingerprint density at radius 2 is 1.88 bits per heavy atom. The van der Waals surface area contributed by atoms with E-state index in [2.05, 4.69) is 20.2 Å². The van der Waals surface area contributed by atoms with E-state index >= 15 is 0 Å². The molecule has 2 aromatic heterocycles. The molecular weight excluding hydrogens is 358 g/mol. The molecule has 9 nitrogen and oxygen atoms in total. The third kappa shape index (κ3) is 4.63. The molecule has 26 heavy (non-hydrogen) atoms. The maximum Gasteiger partial charge on any atom is 0.325 e. The highest BCUT2D eigenvalue weighted by molar-refractivity contribution is 7.99. The monoisotopic (exact) mass is 379 g/mol. The minimum atomic E-state index is -0.551. The van der Waals surface area contributed by atoms with Crippen LogP contribution in [0.2, 0.25) is 0 Å². The second kappa shape index (κ2) is 8.35. The fourth-order valence-corrected chi connectivity index (χ4v) is 3.58. The number of amides is 1. The first-order chi connectivity index (χ1) is 12.5. The lowest BCUT2D eigenvalue weighted by molar-refractivity contribution is -0.128. The third-order valence-corrected chi connectivity index (χ3v) is 5.11. The van der Waals surface area contributed by atoms with Gasteiger partial charge in [0.05, 0.1) is 12.2 Å². The van der Waals surface area contributed by atoms with Crippen molar-refractivity contribution in [3.8, 4) is 0 Å². The number of likely N-dealkylation sites (tertiary alicyclic amines) is 1. The van der Waals surface area contributed by atoms with Crippen molar-refractivity contribution in [1.82, 2.24) is 25.1 Å². The van der Waals surface area contributed by atoms with Gasteiger partial charge in [-0.1, -0.05) is 24.6 Å². The lowest BCUT2D eigenvalue weighted by Gasteiger charge is -2.19. The first-order valence-electron chi connectivity index (χ1n) is 8.58. The van der Waals surface area contributed by atoms with Gasteiger partial charge in [-0.05, 0) is 19.8 Å². The van der Waals surface area contributed by atoms with E-state index in [1.54, 1.807) is 6.92 Å². The fraction of sp³-hybridized carbons (Fsp3) is 0.562. The highest BCUT2D eigenvalue weighted by atomic mass is 32.2. The summed E-state index contributed by atoms with van der Waals surface area (Å²) in [5, 5.41) is 8.12. The van der Waals surface area contributed by atoms with Crippen molar-refractivity contribution < 1.29 is 9.21 Å². The Labute approximate surface area is 153 Å². The van der Waals surface area contributed by atoms with Crippen molar-refractivity contribution in [1.29, 1.82) is 0 Å². The van der Waals surface area contributed by atoms with Gasteiger partial charge in [0.25, 0.3) is 10.8 Å². The topological polar surface area (TPSA) is 125 Å². The first-order valence-corrected chi connectivity index (χ1v) is 9.56. The van der Waals surface area contributed by atoms with Gasteiger partial charge in [0.1, 0.15) is 0 Å². The lowest BCUT2D eigenvalue weighted by atomic mass is 10.2. The predicted molar refractivity (Wildman–Crippen MR) is 95.3 cm³/mol. The largest absolute Gasteiger partial charge is 0.416 e. The van der Waals surface area contributed by atoms with Crippen LogP contribution >= 0.6 is 11.8 Å². The molecule has 0 saturated carbocycles. The van der Waals surface area contributed by atoms with Crippen molar-refractivity contribution in [2.45, 2.75) is 44.3 Å². The standard InChI is InChI=1S/C16H21N5O4S/c1-10-11(14(23)18-15(24)17-10)8-12-19-20-16(25-12)26-9-13(22)21-6-4-2-3-5-7-21/h2-9H2,1H3,(H2,17,18,23,24). The van der Waals surface area contributed by atoms with Gasteiger partial charge in [-0.2, -0.15) is 0 Å². The molecule has 0 radical (unpaired) electrons. The molecule has 1 amide bonds. The van der Waals surface area contributed by atoms with Crippen molar-refractivity contribution in [3.63, 3.8) is 0 Å². The highest BCUT2D eigenvalue weighted by Gasteiger charge is 2.18. The molecular formula is C16H21N5O4S.